The Morgan fingerprint density at radius 3 is 1.52 bits per heavy atom. The molecule has 0 unspecified atom stereocenters. The van der Waals surface area contributed by atoms with Crippen LogP contribution < -0.4 is 0 Å². The van der Waals surface area contributed by atoms with Crippen LogP contribution in [0, 0.1) is 5.82 Å². The molecule has 0 aliphatic heterocycles. The lowest BCUT2D eigenvalue weighted by Gasteiger charge is -2.24. The molecule has 0 fully saturated rings. The molecule has 0 N–H and O–H groups in total. The highest BCUT2D eigenvalue weighted by Crippen LogP contribution is 2.54. The van der Waals surface area contributed by atoms with E-state index in [1.165, 1.54) is 65.7 Å². The highest BCUT2D eigenvalue weighted by Gasteiger charge is 2.37. The van der Waals surface area contributed by atoms with Crippen molar-refractivity contribution in [3.8, 4) is 33.4 Å². The van der Waals surface area contributed by atoms with E-state index in [1.807, 2.05) is 6.07 Å². The highest BCUT2D eigenvalue weighted by molar-refractivity contribution is 6.24. The van der Waals surface area contributed by atoms with Crippen molar-refractivity contribution in [3.63, 3.8) is 0 Å². The van der Waals surface area contributed by atoms with Crippen LogP contribution in [0.1, 0.15) is 25.0 Å². The van der Waals surface area contributed by atoms with E-state index in [0.29, 0.717) is 0 Å². The molecule has 7 aromatic carbocycles. The molecule has 0 bridgehead atoms. The Balaban J connectivity index is 1.56. The minimum atomic E-state index is -0.318. The zero-order valence-electron chi connectivity index (χ0n) is 22.5. The van der Waals surface area contributed by atoms with Crippen LogP contribution in [0.2, 0.25) is 0 Å². The average Bonchev–Trinajstić information content (AvgIpc) is 3.21. The Morgan fingerprint density at radius 2 is 0.925 bits per heavy atom. The molecule has 0 aromatic heterocycles. The van der Waals surface area contributed by atoms with Crippen LogP contribution in [0.3, 0.4) is 0 Å². The van der Waals surface area contributed by atoms with Crippen molar-refractivity contribution in [3.05, 3.63) is 144 Å². The molecular weight excluding hydrogens is 487 g/mol. The third-order valence-corrected chi connectivity index (χ3v) is 8.91. The van der Waals surface area contributed by atoms with Crippen molar-refractivity contribution in [1.82, 2.24) is 0 Å². The molecule has 8 rings (SSSR count). The zero-order chi connectivity index (χ0) is 27.0. The SMILES string of the molecule is CC1(C)c2cc(F)ccc2-c2c1cc(-c1c3ccccc3c(-c3ccccc3)c3ccccc13)c1ccccc21. The quantitative estimate of drug-likeness (QED) is 0.201. The summed E-state index contributed by atoms with van der Waals surface area (Å²) in [6.07, 6.45) is 0. The molecule has 0 radical (unpaired) electrons. The zero-order valence-corrected chi connectivity index (χ0v) is 22.5. The Morgan fingerprint density at radius 1 is 0.425 bits per heavy atom. The lowest BCUT2D eigenvalue weighted by atomic mass is 9.79. The Labute approximate surface area is 233 Å². The van der Waals surface area contributed by atoms with Crippen molar-refractivity contribution >= 4 is 32.3 Å². The fourth-order valence-electron chi connectivity index (χ4n) is 7.10. The summed E-state index contributed by atoms with van der Waals surface area (Å²) in [4.78, 5) is 0. The fourth-order valence-corrected chi connectivity index (χ4v) is 7.10. The van der Waals surface area contributed by atoms with Crippen LogP contribution in [0.15, 0.2) is 127 Å². The van der Waals surface area contributed by atoms with Gasteiger partial charge < -0.3 is 0 Å². The summed E-state index contributed by atoms with van der Waals surface area (Å²) in [6, 6.07) is 44.7. The molecule has 1 aliphatic rings. The number of hydrogen-bond donors (Lipinski definition) is 0. The van der Waals surface area contributed by atoms with E-state index in [-0.39, 0.29) is 11.2 Å². The van der Waals surface area contributed by atoms with E-state index < -0.39 is 0 Å². The normalized spacial score (nSPS) is 13.6. The van der Waals surface area contributed by atoms with Crippen molar-refractivity contribution in [2.45, 2.75) is 19.3 Å². The predicted octanol–water partition coefficient (Wildman–Crippen LogP) is 10.9. The van der Waals surface area contributed by atoms with Crippen LogP contribution in [0.25, 0.3) is 65.7 Å². The summed E-state index contributed by atoms with van der Waals surface area (Å²) in [5.41, 5.74) is 9.32. The summed E-state index contributed by atoms with van der Waals surface area (Å²) < 4.78 is 14.5. The van der Waals surface area contributed by atoms with E-state index in [9.17, 15) is 4.39 Å². The monoisotopic (exact) mass is 514 g/mol. The van der Waals surface area contributed by atoms with Crippen LogP contribution in [-0.2, 0) is 5.41 Å². The highest BCUT2D eigenvalue weighted by atomic mass is 19.1. The lowest BCUT2D eigenvalue weighted by molar-refractivity contribution is 0.609. The van der Waals surface area contributed by atoms with Crippen LogP contribution in [0.4, 0.5) is 4.39 Å². The second-order valence-corrected chi connectivity index (χ2v) is 11.4. The summed E-state index contributed by atoms with van der Waals surface area (Å²) in [5, 5.41) is 7.41. The summed E-state index contributed by atoms with van der Waals surface area (Å²) >= 11 is 0. The molecule has 40 heavy (non-hydrogen) atoms. The fraction of sp³-hybridized carbons (Fsp3) is 0.0769. The molecule has 0 atom stereocenters. The van der Waals surface area contributed by atoms with Crippen molar-refractivity contribution in [2.75, 3.05) is 0 Å². The number of rotatable bonds is 2. The van der Waals surface area contributed by atoms with Gasteiger partial charge in [0.2, 0.25) is 0 Å². The Kier molecular flexibility index (Phi) is 4.85. The average molecular weight is 515 g/mol. The molecule has 190 valence electrons. The first kappa shape index (κ1) is 23.2. The predicted molar refractivity (Wildman–Crippen MR) is 167 cm³/mol. The first-order chi connectivity index (χ1) is 19.5. The van der Waals surface area contributed by atoms with E-state index in [4.69, 9.17) is 0 Å². The number of halogens is 1. The third kappa shape index (κ3) is 3.12. The maximum atomic E-state index is 14.5. The van der Waals surface area contributed by atoms with Gasteiger partial charge in [-0.2, -0.15) is 0 Å². The molecule has 0 spiro atoms. The van der Waals surface area contributed by atoms with Crippen LogP contribution in [-0.4, -0.2) is 0 Å². The van der Waals surface area contributed by atoms with Gasteiger partial charge in [0.1, 0.15) is 5.82 Å². The standard InChI is InChI=1S/C39H27F/c1-39(2)34-22-25(40)20-21-32(34)38-27-15-7-6-14-26(27)33(23-35(38)39)37-30-18-10-8-16-28(30)36(24-12-4-3-5-13-24)29-17-9-11-19-31(29)37/h3-23H,1-2H3. The van der Waals surface area contributed by atoms with Crippen LogP contribution in [0.5, 0.6) is 0 Å². The molecular formula is C39H27F. The van der Waals surface area contributed by atoms with E-state index in [2.05, 4.69) is 123 Å². The van der Waals surface area contributed by atoms with Gasteiger partial charge in [0.25, 0.3) is 0 Å². The summed E-state index contributed by atoms with van der Waals surface area (Å²) in [6.45, 7) is 4.45. The molecule has 1 aliphatic carbocycles. The molecule has 1 heteroatoms. The van der Waals surface area contributed by atoms with Crippen molar-refractivity contribution < 1.29 is 4.39 Å². The first-order valence-corrected chi connectivity index (χ1v) is 13.9. The van der Waals surface area contributed by atoms with E-state index >= 15 is 0 Å². The van der Waals surface area contributed by atoms with Gasteiger partial charge in [-0.3, -0.25) is 0 Å². The first-order valence-electron chi connectivity index (χ1n) is 13.9. The molecule has 0 heterocycles. The maximum absolute atomic E-state index is 14.5. The smallest absolute Gasteiger partial charge is 0.123 e. The van der Waals surface area contributed by atoms with Gasteiger partial charge in [-0.15, -0.1) is 0 Å². The van der Waals surface area contributed by atoms with Gasteiger partial charge in [-0.1, -0.05) is 123 Å². The van der Waals surface area contributed by atoms with Gasteiger partial charge in [0, 0.05) is 5.41 Å². The minimum absolute atomic E-state index is 0.183. The van der Waals surface area contributed by atoms with E-state index in [0.717, 1.165) is 11.1 Å². The number of benzene rings is 7. The molecule has 0 nitrogen and oxygen atoms in total. The second kappa shape index (κ2) is 8.37. The lowest BCUT2D eigenvalue weighted by Crippen LogP contribution is -2.15. The van der Waals surface area contributed by atoms with Gasteiger partial charge >= 0.3 is 0 Å². The number of fused-ring (bicyclic) bond motifs is 7. The van der Waals surface area contributed by atoms with Gasteiger partial charge in [-0.25, -0.2) is 4.39 Å². The molecule has 7 aromatic rings. The minimum Gasteiger partial charge on any atom is -0.207 e. The Hall–Kier alpha value is -4.75. The van der Waals surface area contributed by atoms with E-state index in [1.54, 1.807) is 12.1 Å². The molecule has 0 saturated carbocycles. The summed E-state index contributed by atoms with van der Waals surface area (Å²) in [5.74, 6) is -0.183. The topological polar surface area (TPSA) is 0 Å². The van der Waals surface area contributed by atoms with Gasteiger partial charge in [0.15, 0.2) is 0 Å². The van der Waals surface area contributed by atoms with Gasteiger partial charge in [0.05, 0.1) is 0 Å². The number of hydrogen-bond acceptors (Lipinski definition) is 0. The maximum Gasteiger partial charge on any atom is 0.123 e. The molecule has 0 saturated heterocycles. The van der Waals surface area contributed by atoms with Crippen LogP contribution >= 0.6 is 0 Å². The summed E-state index contributed by atoms with van der Waals surface area (Å²) in [7, 11) is 0. The van der Waals surface area contributed by atoms with Crippen molar-refractivity contribution in [1.29, 1.82) is 0 Å². The largest absolute Gasteiger partial charge is 0.207 e. The second-order valence-electron chi connectivity index (χ2n) is 11.4. The van der Waals surface area contributed by atoms with Crippen molar-refractivity contribution in [2.24, 2.45) is 0 Å². The third-order valence-electron chi connectivity index (χ3n) is 8.91. The Bertz CT molecular complexity index is 2080. The molecule has 0 amide bonds. The van der Waals surface area contributed by atoms with Gasteiger partial charge in [-0.05, 0) is 95.0 Å².